The Kier molecular flexibility index (Phi) is 6.17. The second-order valence-corrected chi connectivity index (χ2v) is 6.74. The Morgan fingerprint density at radius 2 is 1.72 bits per heavy atom. The first-order valence-electron chi connectivity index (χ1n) is 8.33. The average molecular weight is 338 g/mol. The minimum Gasteiger partial charge on any atom is -0.369 e. The topological polar surface area (TPSA) is 79.5 Å². The number of para-hydroxylation sites is 1. The standard InChI is InChI=1S/C20H26N4O/c1-15-9-11-16(12-10-15)13-22-19(23-14-20(2,3)18(21)25)24-17-7-5-4-6-8-17/h4-12H,13-14H2,1-3H3,(H2,21,25)(H2,22,23,24). The maximum absolute atomic E-state index is 11.5. The fourth-order valence-corrected chi connectivity index (χ4v) is 2.05. The number of nitrogens with two attached hydrogens (primary N) is 1. The minimum absolute atomic E-state index is 0.349. The largest absolute Gasteiger partial charge is 0.369 e. The molecule has 1 amide bonds. The van der Waals surface area contributed by atoms with E-state index in [1.54, 1.807) is 0 Å². The zero-order chi connectivity index (χ0) is 18.3. The van der Waals surface area contributed by atoms with Crippen LogP contribution in [0.25, 0.3) is 0 Å². The number of aliphatic imine (C=N–C) groups is 1. The SMILES string of the molecule is Cc1ccc(CN=C(NCC(C)(C)C(N)=O)Nc2ccccc2)cc1. The second kappa shape index (κ2) is 8.33. The molecule has 2 aromatic carbocycles. The molecule has 0 unspecified atom stereocenters. The van der Waals surface area contributed by atoms with Gasteiger partial charge in [0.15, 0.2) is 5.96 Å². The Morgan fingerprint density at radius 3 is 2.32 bits per heavy atom. The third-order valence-corrected chi connectivity index (χ3v) is 3.94. The van der Waals surface area contributed by atoms with Crippen LogP contribution in [0.2, 0.25) is 0 Å². The third kappa shape index (κ3) is 5.95. The summed E-state index contributed by atoms with van der Waals surface area (Å²) in [6.07, 6.45) is 0. The van der Waals surface area contributed by atoms with Gasteiger partial charge in [-0.15, -0.1) is 0 Å². The number of carbonyl (C=O) groups is 1. The van der Waals surface area contributed by atoms with Crippen molar-refractivity contribution >= 4 is 17.6 Å². The number of aryl methyl sites for hydroxylation is 1. The summed E-state index contributed by atoms with van der Waals surface area (Å²) in [7, 11) is 0. The van der Waals surface area contributed by atoms with E-state index in [2.05, 4.69) is 46.8 Å². The smallest absolute Gasteiger partial charge is 0.224 e. The van der Waals surface area contributed by atoms with E-state index in [0.717, 1.165) is 11.3 Å². The molecule has 4 N–H and O–H groups in total. The summed E-state index contributed by atoms with van der Waals surface area (Å²) in [6.45, 7) is 6.61. The number of benzene rings is 2. The Bertz CT molecular complexity index is 721. The van der Waals surface area contributed by atoms with Crippen molar-refractivity contribution in [3.05, 3.63) is 65.7 Å². The predicted octanol–water partition coefficient (Wildman–Crippen LogP) is 3.06. The zero-order valence-corrected chi connectivity index (χ0v) is 15.0. The summed E-state index contributed by atoms with van der Waals surface area (Å²) in [6, 6.07) is 18.0. The van der Waals surface area contributed by atoms with Gasteiger partial charge in [0.1, 0.15) is 0 Å². The van der Waals surface area contributed by atoms with Crippen LogP contribution < -0.4 is 16.4 Å². The lowest BCUT2D eigenvalue weighted by atomic mass is 9.93. The van der Waals surface area contributed by atoms with Crippen molar-refractivity contribution in [1.82, 2.24) is 5.32 Å². The van der Waals surface area contributed by atoms with E-state index >= 15 is 0 Å². The molecule has 132 valence electrons. The fourth-order valence-electron chi connectivity index (χ4n) is 2.05. The summed E-state index contributed by atoms with van der Waals surface area (Å²) < 4.78 is 0. The monoisotopic (exact) mass is 338 g/mol. The first-order valence-corrected chi connectivity index (χ1v) is 8.33. The quantitative estimate of drug-likeness (QED) is 0.559. The molecule has 0 aromatic heterocycles. The molecule has 0 saturated carbocycles. The number of rotatable bonds is 6. The molecule has 0 spiro atoms. The fraction of sp³-hybridized carbons (Fsp3) is 0.300. The van der Waals surface area contributed by atoms with Crippen molar-refractivity contribution in [3.8, 4) is 0 Å². The van der Waals surface area contributed by atoms with Crippen molar-refractivity contribution in [2.24, 2.45) is 16.1 Å². The van der Waals surface area contributed by atoms with Crippen LogP contribution in [0.4, 0.5) is 5.69 Å². The van der Waals surface area contributed by atoms with E-state index < -0.39 is 5.41 Å². The van der Waals surface area contributed by atoms with Gasteiger partial charge in [0.2, 0.25) is 5.91 Å². The van der Waals surface area contributed by atoms with E-state index in [0.29, 0.717) is 19.0 Å². The maximum Gasteiger partial charge on any atom is 0.224 e. The van der Waals surface area contributed by atoms with Crippen molar-refractivity contribution < 1.29 is 4.79 Å². The van der Waals surface area contributed by atoms with E-state index in [9.17, 15) is 4.79 Å². The molecule has 0 radical (unpaired) electrons. The maximum atomic E-state index is 11.5. The molecule has 25 heavy (non-hydrogen) atoms. The lowest BCUT2D eigenvalue weighted by Gasteiger charge is -2.22. The molecule has 2 aromatic rings. The Balaban J connectivity index is 2.11. The van der Waals surface area contributed by atoms with Crippen molar-refractivity contribution in [2.75, 3.05) is 11.9 Å². The Labute approximate surface area is 149 Å². The van der Waals surface area contributed by atoms with Crippen LogP contribution in [0, 0.1) is 12.3 Å². The first-order chi connectivity index (χ1) is 11.9. The zero-order valence-electron chi connectivity index (χ0n) is 15.0. The van der Waals surface area contributed by atoms with Crippen LogP contribution in [-0.4, -0.2) is 18.4 Å². The van der Waals surface area contributed by atoms with Crippen LogP contribution in [0.3, 0.4) is 0 Å². The number of amides is 1. The van der Waals surface area contributed by atoms with Gasteiger partial charge < -0.3 is 16.4 Å². The molecule has 0 saturated heterocycles. The molecular weight excluding hydrogens is 312 g/mol. The van der Waals surface area contributed by atoms with Crippen molar-refractivity contribution in [2.45, 2.75) is 27.3 Å². The molecular formula is C20H26N4O. The second-order valence-electron chi connectivity index (χ2n) is 6.74. The van der Waals surface area contributed by atoms with Gasteiger partial charge in [0.25, 0.3) is 0 Å². The van der Waals surface area contributed by atoms with E-state index in [1.807, 2.05) is 44.2 Å². The van der Waals surface area contributed by atoms with E-state index in [4.69, 9.17) is 5.73 Å². The van der Waals surface area contributed by atoms with E-state index in [-0.39, 0.29) is 5.91 Å². The summed E-state index contributed by atoms with van der Waals surface area (Å²) in [4.78, 5) is 16.1. The number of hydrogen-bond acceptors (Lipinski definition) is 2. The highest BCUT2D eigenvalue weighted by Gasteiger charge is 2.25. The number of primary amides is 1. The summed E-state index contributed by atoms with van der Waals surface area (Å²) >= 11 is 0. The molecule has 0 heterocycles. The average Bonchev–Trinajstić information content (AvgIpc) is 2.59. The minimum atomic E-state index is -0.664. The lowest BCUT2D eigenvalue weighted by Crippen LogP contribution is -2.44. The molecule has 0 aliphatic carbocycles. The van der Waals surface area contributed by atoms with Crippen LogP contribution in [0.1, 0.15) is 25.0 Å². The highest BCUT2D eigenvalue weighted by molar-refractivity contribution is 5.94. The van der Waals surface area contributed by atoms with Gasteiger partial charge in [0.05, 0.1) is 12.0 Å². The number of guanidine groups is 1. The molecule has 5 heteroatoms. The molecule has 2 rings (SSSR count). The number of nitrogens with zero attached hydrogens (tertiary/aromatic N) is 1. The van der Waals surface area contributed by atoms with Gasteiger partial charge in [0, 0.05) is 12.2 Å². The lowest BCUT2D eigenvalue weighted by molar-refractivity contribution is -0.125. The Hall–Kier alpha value is -2.82. The van der Waals surface area contributed by atoms with Gasteiger partial charge in [-0.25, -0.2) is 4.99 Å². The van der Waals surface area contributed by atoms with Crippen LogP contribution in [0.15, 0.2) is 59.6 Å². The van der Waals surface area contributed by atoms with Gasteiger partial charge >= 0.3 is 0 Å². The third-order valence-electron chi connectivity index (χ3n) is 3.94. The van der Waals surface area contributed by atoms with E-state index in [1.165, 1.54) is 5.56 Å². The highest BCUT2D eigenvalue weighted by atomic mass is 16.1. The van der Waals surface area contributed by atoms with Gasteiger partial charge in [-0.3, -0.25) is 4.79 Å². The van der Waals surface area contributed by atoms with Gasteiger partial charge in [-0.1, -0.05) is 48.0 Å². The number of hydrogen-bond donors (Lipinski definition) is 3. The van der Waals surface area contributed by atoms with Crippen molar-refractivity contribution in [1.29, 1.82) is 0 Å². The Morgan fingerprint density at radius 1 is 1.08 bits per heavy atom. The molecule has 5 nitrogen and oxygen atoms in total. The number of anilines is 1. The van der Waals surface area contributed by atoms with Gasteiger partial charge in [-0.2, -0.15) is 0 Å². The molecule has 0 atom stereocenters. The molecule has 0 aliphatic heterocycles. The van der Waals surface area contributed by atoms with Crippen LogP contribution in [-0.2, 0) is 11.3 Å². The summed E-state index contributed by atoms with van der Waals surface area (Å²) in [5.74, 6) is 0.263. The molecule has 0 aliphatic rings. The number of carbonyl (C=O) groups excluding carboxylic acids is 1. The summed E-state index contributed by atoms with van der Waals surface area (Å²) in [5, 5.41) is 6.47. The molecule has 0 bridgehead atoms. The highest BCUT2D eigenvalue weighted by Crippen LogP contribution is 2.13. The molecule has 0 fully saturated rings. The van der Waals surface area contributed by atoms with Crippen LogP contribution >= 0.6 is 0 Å². The summed E-state index contributed by atoms with van der Waals surface area (Å²) in [5.41, 5.74) is 8.05. The normalized spacial score (nSPS) is 11.9. The van der Waals surface area contributed by atoms with Gasteiger partial charge in [-0.05, 0) is 38.5 Å². The van der Waals surface area contributed by atoms with Crippen molar-refractivity contribution in [3.63, 3.8) is 0 Å². The first kappa shape index (κ1) is 18.5. The number of nitrogens with one attached hydrogen (secondary N) is 2. The predicted molar refractivity (Wildman–Crippen MR) is 103 cm³/mol. The van der Waals surface area contributed by atoms with Crippen LogP contribution in [0.5, 0.6) is 0 Å².